The number of thioether (sulfide) groups is 1. The summed E-state index contributed by atoms with van der Waals surface area (Å²) < 4.78 is 27.0. The Balaban J connectivity index is 2.01. The molecule has 144 valence electrons. The summed E-state index contributed by atoms with van der Waals surface area (Å²) in [6.07, 6.45) is 0. The number of amides is 1. The van der Waals surface area contributed by atoms with Crippen LogP contribution in [-0.4, -0.2) is 32.1 Å². The predicted octanol–water partition coefficient (Wildman–Crippen LogP) is 0.975. The summed E-state index contributed by atoms with van der Waals surface area (Å²) in [4.78, 5) is 22.2. The molecule has 2 aromatic rings. The van der Waals surface area contributed by atoms with E-state index >= 15 is 0 Å². The van der Waals surface area contributed by atoms with Crippen LogP contribution in [0.2, 0.25) is 0 Å². The lowest BCUT2D eigenvalue weighted by atomic mass is 10.2. The molecule has 0 unspecified atom stereocenters. The fraction of sp³-hybridized carbons (Fsp3) is 0.222. The molecule has 27 heavy (non-hydrogen) atoms. The third-order valence-corrected chi connectivity index (χ3v) is 6.06. The molecule has 1 amide bonds. The van der Waals surface area contributed by atoms with E-state index in [2.05, 4.69) is 10.0 Å². The first-order valence-electron chi connectivity index (χ1n) is 8.00. The lowest BCUT2D eigenvalue weighted by Crippen LogP contribution is -2.49. The highest BCUT2D eigenvalue weighted by atomic mass is 32.2. The minimum absolute atomic E-state index is 0.0282. The van der Waals surface area contributed by atoms with E-state index in [1.807, 2.05) is 30.3 Å². The summed E-state index contributed by atoms with van der Waals surface area (Å²) in [5.74, 6) is -1.19. The zero-order chi connectivity index (χ0) is 19.9. The van der Waals surface area contributed by atoms with Crippen molar-refractivity contribution in [1.82, 2.24) is 4.72 Å². The molecule has 0 aliphatic carbocycles. The average Bonchev–Trinajstić information content (AvgIpc) is 2.61. The average molecular weight is 407 g/mol. The first-order chi connectivity index (χ1) is 12.8. The molecule has 0 fully saturated rings. The summed E-state index contributed by atoms with van der Waals surface area (Å²) in [6, 6.07) is 13.5. The van der Waals surface area contributed by atoms with Crippen molar-refractivity contribution in [2.24, 2.45) is 0 Å². The van der Waals surface area contributed by atoms with Crippen LogP contribution in [0.3, 0.4) is 0 Å². The Bertz CT molecular complexity index is 884. The van der Waals surface area contributed by atoms with E-state index in [0.29, 0.717) is 11.4 Å². The number of carbonyl (C=O) groups is 2. The van der Waals surface area contributed by atoms with E-state index < -0.39 is 22.0 Å². The van der Waals surface area contributed by atoms with Gasteiger partial charge in [0, 0.05) is 24.1 Å². The highest BCUT2D eigenvalue weighted by molar-refractivity contribution is 7.98. The molecule has 9 heteroatoms. The van der Waals surface area contributed by atoms with Crippen LogP contribution in [0.25, 0.3) is 0 Å². The van der Waals surface area contributed by atoms with Crippen LogP contribution in [0.4, 0.5) is 5.69 Å². The maximum absolute atomic E-state index is 12.4. The molecule has 2 N–H and O–H groups in total. The molecule has 0 aliphatic rings. The quantitative estimate of drug-likeness (QED) is 0.640. The number of hydrogen-bond donors (Lipinski definition) is 2. The lowest BCUT2D eigenvalue weighted by Gasteiger charge is -2.19. The van der Waals surface area contributed by atoms with E-state index in [1.165, 1.54) is 43.0 Å². The van der Waals surface area contributed by atoms with E-state index in [-0.39, 0.29) is 16.6 Å². The monoisotopic (exact) mass is 407 g/mol. The number of nitrogens with one attached hydrogen (secondary N) is 2. The van der Waals surface area contributed by atoms with Gasteiger partial charge in [0.2, 0.25) is 15.9 Å². The van der Waals surface area contributed by atoms with Gasteiger partial charge in [-0.15, -0.1) is 0 Å². The first kappa shape index (κ1) is 20.9. The van der Waals surface area contributed by atoms with Crippen molar-refractivity contribution < 1.29 is 23.1 Å². The van der Waals surface area contributed by atoms with Gasteiger partial charge in [-0.1, -0.05) is 30.3 Å². The minimum atomic E-state index is -4.04. The van der Waals surface area contributed by atoms with Crippen molar-refractivity contribution in [3.63, 3.8) is 0 Å². The molecule has 2 aromatic carbocycles. The number of carboxylic acid groups (broad SMARTS) is 1. The maximum atomic E-state index is 12.4. The smallest absolute Gasteiger partial charge is 0.241 e. The summed E-state index contributed by atoms with van der Waals surface area (Å²) in [5.41, 5.74) is 1.45. The second-order valence-electron chi connectivity index (χ2n) is 5.70. The maximum Gasteiger partial charge on any atom is 0.241 e. The number of carboxylic acids is 1. The molecule has 0 radical (unpaired) electrons. The molecule has 0 heterocycles. The largest absolute Gasteiger partial charge is 0.548 e. The van der Waals surface area contributed by atoms with Gasteiger partial charge in [0.1, 0.15) is 0 Å². The zero-order valence-corrected chi connectivity index (χ0v) is 16.2. The van der Waals surface area contributed by atoms with E-state index in [0.717, 1.165) is 5.56 Å². The predicted molar refractivity (Wildman–Crippen MR) is 102 cm³/mol. The normalized spacial score (nSPS) is 12.3. The highest BCUT2D eigenvalue weighted by Crippen LogP contribution is 2.17. The van der Waals surface area contributed by atoms with Gasteiger partial charge in [-0.2, -0.15) is 11.8 Å². The molecule has 0 aromatic heterocycles. The SMILES string of the molecule is CC(=O)Nc1ccc(S(=O)(=O)N[C@H](CSCc2ccccc2)C(=O)[O-])cc1. The number of sulfonamides is 1. The second kappa shape index (κ2) is 9.54. The van der Waals surface area contributed by atoms with Gasteiger partial charge in [-0.05, 0) is 29.8 Å². The summed E-state index contributed by atoms with van der Waals surface area (Å²) in [5, 5.41) is 13.9. The zero-order valence-electron chi connectivity index (χ0n) is 14.5. The van der Waals surface area contributed by atoms with Crippen molar-refractivity contribution >= 4 is 39.3 Å². The van der Waals surface area contributed by atoms with Crippen LogP contribution in [0.5, 0.6) is 0 Å². The van der Waals surface area contributed by atoms with Crippen LogP contribution in [-0.2, 0) is 25.4 Å². The minimum Gasteiger partial charge on any atom is -0.548 e. The van der Waals surface area contributed by atoms with Crippen molar-refractivity contribution in [3.8, 4) is 0 Å². The lowest BCUT2D eigenvalue weighted by molar-refractivity contribution is -0.307. The van der Waals surface area contributed by atoms with Gasteiger partial charge < -0.3 is 15.2 Å². The molecule has 0 spiro atoms. The van der Waals surface area contributed by atoms with Crippen LogP contribution >= 0.6 is 11.8 Å². The summed E-state index contributed by atoms with van der Waals surface area (Å²) in [7, 11) is -4.04. The standard InChI is InChI=1S/C18H20N2O5S2/c1-13(21)19-15-7-9-16(10-8-15)27(24,25)20-17(18(22)23)12-26-11-14-5-3-2-4-6-14/h2-10,17,20H,11-12H2,1H3,(H,19,21)(H,22,23)/p-1/t17-/m1/s1. The van der Waals surface area contributed by atoms with Gasteiger partial charge in [0.05, 0.1) is 16.9 Å². The van der Waals surface area contributed by atoms with E-state index in [4.69, 9.17) is 0 Å². The topological polar surface area (TPSA) is 115 Å². The fourth-order valence-electron chi connectivity index (χ4n) is 2.20. The molecule has 0 saturated carbocycles. The first-order valence-corrected chi connectivity index (χ1v) is 10.6. The number of anilines is 1. The van der Waals surface area contributed by atoms with Crippen molar-refractivity contribution in [3.05, 3.63) is 60.2 Å². The van der Waals surface area contributed by atoms with Crippen LogP contribution in [0.15, 0.2) is 59.5 Å². The van der Waals surface area contributed by atoms with Crippen molar-refractivity contribution in [2.75, 3.05) is 11.1 Å². The Kier molecular flexibility index (Phi) is 7.40. The number of rotatable bonds is 9. The van der Waals surface area contributed by atoms with Crippen molar-refractivity contribution in [2.45, 2.75) is 23.6 Å². The Labute approximate surface area is 162 Å². The van der Waals surface area contributed by atoms with Crippen LogP contribution in [0.1, 0.15) is 12.5 Å². The Morgan fingerprint density at radius 2 is 1.70 bits per heavy atom. The molecular weight excluding hydrogens is 388 g/mol. The Morgan fingerprint density at radius 1 is 1.07 bits per heavy atom. The fourth-order valence-corrected chi connectivity index (χ4v) is 4.49. The molecule has 7 nitrogen and oxygen atoms in total. The summed E-state index contributed by atoms with van der Waals surface area (Å²) in [6.45, 7) is 1.34. The van der Waals surface area contributed by atoms with Gasteiger partial charge >= 0.3 is 0 Å². The van der Waals surface area contributed by atoms with Crippen molar-refractivity contribution in [1.29, 1.82) is 0 Å². The number of carbonyl (C=O) groups excluding carboxylic acids is 2. The Hall–Kier alpha value is -2.36. The molecule has 1 atom stereocenters. The molecule has 2 rings (SSSR count). The highest BCUT2D eigenvalue weighted by Gasteiger charge is 2.21. The number of aliphatic carboxylic acids is 1. The molecular formula is C18H19N2O5S2-. The molecule has 0 saturated heterocycles. The van der Waals surface area contributed by atoms with Crippen LogP contribution in [0, 0.1) is 0 Å². The van der Waals surface area contributed by atoms with Crippen LogP contribution < -0.4 is 15.1 Å². The third kappa shape index (κ3) is 6.70. The number of hydrogen-bond acceptors (Lipinski definition) is 6. The van der Waals surface area contributed by atoms with Gasteiger partial charge in [-0.25, -0.2) is 13.1 Å². The molecule has 0 bridgehead atoms. The van der Waals surface area contributed by atoms with E-state index in [1.54, 1.807) is 0 Å². The third-order valence-electron chi connectivity index (χ3n) is 3.46. The van der Waals surface area contributed by atoms with Gasteiger partial charge in [0.25, 0.3) is 0 Å². The molecule has 0 aliphatic heterocycles. The summed E-state index contributed by atoms with van der Waals surface area (Å²) >= 11 is 1.29. The van der Waals surface area contributed by atoms with E-state index in [9.17, 15) is 23.1 Å². The Morgan fingerprint density at radius 3 is 2.26 bits per heavy atom. The second-order valence-corrected chi connectivity index (χ2v) is 8.44. The van der Waals surface area contributed by atoms with Gasteiger partial charge in [0.15, 0.2) is 0 Å². The van der Waals surface area contributed by atoms with Gasteiger partial charge in [-0.3, -0.25) is 4.79 Å². The number of benzene rings is 2.